The molecule has 138 valence electrons. The van der Waals surface area contributed by atoms with E-state index in [4.69, 9.17) is 16.3 Å². The van der Waals surface area contributed by atoms with Crippen LogP contribution in [-0.2, 0) is 15.7 Å². The van der Waals surface area contributed by atoms with Gasteiger partial charge in [-0.25, -0.2) is 4.79 Å². The van der Waals surface area contributed by atoms with E-state index in [1.54, 1.807) is 6.07 Å². The van der Waals surface area contributed by atoms with Crippen molar-refractivity contribution in [3.8, 4) is 5.75 Å². The van der Waals surface area contributed by atoms with Crippen LogP contribution in [0.2, 0.25) is 5.02 Å². The van der Waals surface area contributed by atoms with Crippen molar-refractivity contribution in [1.29, 1.82) is 0 Å². The molecule has 0 aliphatic carbocycles. The number of esters is 1. The Labute approximate surface area is 151 Å². The lowest BCUT2D eigenvalue weighted by Gasteiger charge is -2.13. The Kier molecular flexibility index (Phi) is 6.10. The molecule has 0 saturated carbocycles. The molecule has 0 fully saturated rings. The molecule has 0 atom stereocenters. The fraction of sp³-hybridized carbons (Fsp3) is 0.176. The first kappa shape index (κ1) is 19.6. The van der Waals surface area contributed by atoms with Crippen LogP contribution in [0.5, 0.6) is 5.75 Å². The van der Waals surface area contributed by atoms with E-state index in [1.807, 2.05) is 0 Å². The number of hydrogen-bond acceptors (Lipinski definition) is 4. The van der Waals surface area contributed by atoms with Crippen LogP contribution in [0.1, 0.15) is 15.9 Å². The van der Waals surface area contributed by atoms with Gasteiger partial charge in [0, 0.05) is 5.02 Å². The molecule has 26 heavy (non-hydrogen) atoms. The Morgan fingerprint density at radius 2 is 1.85 bits per heavy atom. The van der Waals surface area contributed by atoms with Gasteiger partial charge in [-0.05, 0) is 30.3 Å². The van der Waals surface area contributed by atoms with E-state index in [0.29, 0.717) is 10.8 Å². The standard InChI is InChI=1S/C17H13ClF3NO4/c1-25-14-7-6-10(18)8-13(14)22-15(23)9-26-16(24)11-4-2-3-5-12(11)17(19,20)21/h2-8H,9H2,1H3,(H,22,23). The first-order valence-electron chi connectivity index (χ1n) is 7.19. The van der Waals surface area contributed by atoms with E-state index in [2.05, 4.69) is 10.1 Å². The number of anilines is 1. The van der Waals surface area contributed by atoms with Crippen molar-refractivity contribution in [3.05, 3.63) is 58.6 Å². The Balaban J connectivity index is 2.05. The summed E-state index contributed by atoms with van der Waals surface area (Å²) in [6.07, 6.45) is -4.72. The van der Waals surface area contributed by atoms with E-state index in [1.165, 1.54) is 25.3 Å². The predicted octanol–water partition coefficient (Wildman–Crippen LogP) is 4.16. The average molecular weight is 388 g/mol. The van der Waals surface area contributed by atoms with Gasteiger partial charge in [0.2, 0.25) is 0 Å². The summed E-state index contributed by atoms with van der Waals surface area (Å²) in [7, 11) is 1.38. The number of methoxy groups -OCH3 is 1. The fourth-order valence-electron chi connectivity index (χ4n) is 2.08. The highest BCUT2D eigenvalue weighted by Crippen LogP contribution is 2.32. The number of nitrogens with one attached hydrogen (secondary N) is 1. The number of halogens is 4. The van der Waals surface area contributed by atoms with Gasteiger partial charge in [-0.1, -0.05) is 23.7 Å². The van der Waals surface area contributed by atoms with Crippen LogP contribution >= 0.6 is 11.6 Å². The summed E-state index contributed by atoms with van der Waals surface area (Å²) in [4.78, 5) is 23.8. The summed E-state index contributed by atoms with van der Waals surface area (Å²) < 4.78 is 48.4. The van der Waals surface area contributed by atoms with Gasteiger partial charge in [-0.2, -0.15) is 13.2 Å². The first-order chi connectivity index (χ1) is 12.2. The molecule has 1 amide bonds. The highest BCUT2D eigenvalue weighted by atomic mass is 35.5. The Morgan fingerprint density at radius 1 is 1.15 bits per heavy atom. The molecular weight excluding hydrogens is 375 g/mol. The second-order valence-corrected chi connectivity index (χ2v) is 5.45. The normalized spacial score (nSPS) is 11.0. The third kappa shape index (κ3) is 4.89. The highest BCUT2D eigenvalue weighted by Gasteiger charge is 2.35. The first-order valence-corrected chi connectivity index (χ1v) is 7.57. The number of amides is 1. The zero-order valence-electron chi connectivity index (χ0n) is 13.4. The molecule has 2 aromatic rings. The van der Waals surface area contributed by atoms with Gasteiger partial charge in [-0.15, -0.1) is 0 Å². The summed E-state index contributed by atoms with van der Waals surface area (Å²) in [5, 5.41) is 2.74. The molecule has 0 spiro atoms. The molecule has 0 aromatic heterocycles. The smallest absolute Gasteiger partial charge is 0.417 e. The van der Waals surface area contributed by atoms with Gasteiger partial charge in [0.05, 0.1) is 23.9 Å². The lowest BCUT2D eigenvalue weighted by molar-refractivity contribution is -0.138. The van der Waals surface area contributed by atoms with Crippen LogP contribution in [0.25, 0.3) is 0 Å². The van der Waals surface area contributed by atoms with E-state index in [-0.39, 0.29) is 5.69 Å². The monoisotopic (exact) mass is 387 g/mol. The predicted molar refractivity (Wildman–Crippen MR) is 88.4 cm³/mol. The van der Waals surface area contributed by atoms with E-state index < -0.39 is 35.8 Å². The average Bonchev–Trinajstić information content (AvgIpc) is 2.59. The minimum absolute atomic E-state index is 0.233. The van der Waals surface area contributed by atoms with Crippen molar-refractivity contribution in [2.75, 3.05) is 19.0 Å². The summed E-state index contributed by atoms with van der Waals surface area (Å²) in [5.74, 6) is -1.70. The van der Waals surface area contributed by atoms with Crippen LogP contribution in [0.4, 0.5) is 18.9 Å². The molecule has 0 radical (unpaired) electrons. The molecule has 0 aliphatic heterocycles. The topological polar surface area (TPSA) is 64.6 Å². The summed E-state index contributed by atoms with van der Waals surface area (Å²) >= 11 is 5.83. The van der Waals surface area contributed by atoms with Gasteiger partial charge >= 0.3 is 12.1 Å². The molecule has 0 saturated heterocycles. The number of carbonyl (C=O) groups is 2. The number of hydrogen-bond donors (Lipinski definition) is 1. The SMILES string of the molecule is COc1ccc(Cl)cc1NC(=O)COC(=O)c1ccccc1C(F)(F)F. The molecule has 0 unspecified atom stereocenters. The van der Waals surface area contributed by atoms with Crippen LogP contribution in [0.3, 0.4) is 0 Å². The molecule has 5 nitrogen and oxygen atoms in total. The van der Waals surface area contributed by atoms with Gasteiger partial charge in [0.1, 0.15) is 5.75 Å². The Bertz CT molecular complexity index is 824. The van der Waals surface area contributed by atoms with E-state index in [0.717, 1.165) is 18.2 Å². The number of benzene rings is 2. The van der Waals surface area contributed by atoms with Crippen molar-refractivity contribution in [1.82, 2.24) is 0 Å². The van der Waals surface area contributed by atoms with Gasteiger partial charge in [-0.3, -0.25) is 4.79 Å². The van der Waals surface area contributed by atoms with Crippen molar-refractivity contribution >= 4 is 29.2 Å². The van der Waals surface area contributed by atoms with Gasteiger partial charge < -0.3 is 14.8 Å². The number of rotatable bonds is 5. The van der Waals surface area contributed by atoms with Crippen molar-refractivity contribution in [2.45, 2.75) is 6.18 Å². The zero-order chi connectivity index (χ0) is 19.3. The molecule has 0 heterocycles. The maximum Gasteiger partial charge on any atom is 0.417 e. The second-order valence-electron chi connectivity index (χ2n) is 5.01. The zero-order valence-corrected chi connectivity index (χ0v) is 14.1. The molecule has 2 rings (SSSR count). The van der Waals surface area contributed by atoms with Crippen molar-refractivity contribution in [2.24, 2.45) is 0 Å². The van der Waals surface area contributed by atoms with Crippen LogP contribution in [-0.4, -0.2) is 25.6 Å². The molecule has 0 bridgehead atoms. The molecular formula is C17H13ClF3NO4. The van der Waals surface area contributed by atoms with Crippen molar-refractivity contribution < 1.29 is 32.2 Å². The summed E-state index contributed by atoms with van der Waals surface area (Å²) in [5.41, 5.74) is -1.58. The molecule has 0 aliphatic rings. The lowest BCUT2D eigenvalue weighted by Crippen LogP contribution is -2.22. The third-order valence-corrected chi connectivity index (χ3v) is 3.46. The van der Waals surface area contributed by atoms with Crippen LogP contribution in [0.15, 0.2) is 42.5 Å². The second kappa shape index (κ2) is 8.09. The maximum absolute atomic E-state index is 12.9. The number of carbonyl (C=O) groups excluding carboxylic acids is 2. The number of alkyl halides is 3. The third-order valence-electron chi connectivity index (χ3n) is 3.22. The molecule has 9 heteroatoms. The van der Waals surface area contributed by atoms with E-state index >= 15 is 0 Å². The van der Waals surface area contributed by atoms with Gasteiger partial charge in [0.25, 0.3) is 5.91 Å². The highest BCUT2D eigenvalue weighted by molar-refractivity contribution is 6.31. The molecule has 2 aromatic carbocycles. The van der Waals surface area contributed by atoms with Crippen LogP contribution in [0, 0.1) is 0 Å². The fourth-order valence-corrected chi connectivity index (χ4v) is 2.25. The Hall–Kier alpha value is -2.74. The summed E-state index contributed by atoms with van der Waals surface area (Å²) in [6.45, 7) is -0.777. The molecule has 1 N–H and O–H groups in total. The van der Waals surface area contributed by atoms with E-state index in [9.17, 15) is 22.8 Å². The number of ether oxygens (including phenoxy) is 2. The minimum atomic E-state index is -4.72. The quantitative estimate of drug-likeness (QED) is 0.782. The minimum Gasteiger partial charge on any atom is -0.495 e. The maximum atomic E-state index is 12.9. The lowest BCUT2D eigenvalue weighted by atomic mass is 10.1. The van der Waals surface area contributed by atoms with Crippen molar-refractivity contribution in [3.63, 3.8) is 0 Å². The van der Waals surface area contributed by atoms with Gasteiger partial charge in [0.15, 0.2) is 6.61 Å². The Morgan fingerprint density at radius 3 is 2.50 bits per heavy atom. The largest absolute Gasteiger partial charge is 0.495 e. The van der Waals surface area contributed by atoms with Crippen LogP contribution < -0.4 is 10.1 Å². The summed E-state index contributed by atoms with van der Waals surface area (Å²) in [6, 6.07) is 8.63.